The first-order valence-electron chi connectivity index (χ1n) is 10.5. The number of aromatic nitrogens is 3. The molecule has 4 aromatic rings. The van der Waals surface area contributed by atoms with Crippen LogP contribution in [0.3, 0.4) is 0 Å². The minimum Gasteiger partial charge on any atom is -0.497 e. The molecule has 2 aromatic carbocycles. The number of aliphatic hydroxyl groups is 1. The number of aryl methyl sites for hydroxylation is 1. The lowest BCUT2D eigenvalue weighted by molar-refractivity contribution is 0.202. The maximum atomic E-state index is 15.1. The number of aliphatic hydroxyl groups excluding tert-OH is 1. The number of rotatable bonds is 7. The van der Waals surface area contributed by atoms with Crippen LogP contribution in [0.2, 0.25) is 0 Å². The van der Waals surface area contributed by atoms with E-state index in [1.54, 1.807) is 30.3 Å². The van der Waals surface area contributed by atoms with Crippen molar-refractivity contribution in [2.24, 2.45) is 7.05 Å². The Hall–Kier alpha value is -3.45. The van der Waals surface area contributed by atoms with Crippen LogP contribution in [0.5, 0.6) is 11.5 Å². The van der Waals surface area contributed by atoms with Gasteiger partial charge in [-0.1, -0.05) is 12.1 Å². The van der Waals surface area contributed by atoms with Crippen LogP contribution in [0.15, 0.2) is 62.9 Å². The molecule has 1 N–H and O–H groups in total. The molecule has 0 atom stereocenters. The molecule has 0 aliphatic heterocycles. The molecule has 2 aromatic heterocycles. The number of hydrogen-bond donors (Lipinski definition) is 1. The summed E-state index contributed by atoms with van der Waals surface area (Å²) in [6.07, 6.45) is 0. The molecule has 0 saturated heterocycles. The van der Waals surface area contributed by atoms with Crippen molar-refractivity contribution in [1.82, 2.24) is 13.7 Å². The summed E-state index contributed by atoms with van der Waals surface area (Å²) in [6, 6.07) is 12.2. The van der Waals surface area contributed by atoms with E-state index in [-0.39, 0.29) is 42.2 Å². The van der Waals surface area contributed by atoms with Gasteiger partial charge in [0.2, 0.25) is 0 Å². The molecule has 0 amide bonds. The minimum absolute atomic E-state index is 0.0911. The standard InChI is InChI=1S/C24H21FIN3O6/c1-27-20(31)12-19(35-10-9-30)21-22(27)29(18-8-5-15(26)11-17(18)25)24(33)28(23(21)32)13-14-3-6-16(34-2)7-4-14/h3-8,11-12,30H,9-10,13H2,1-2H3. The zero-order valence-electron chi connectivity index (χ0n) is 18.8. The molecular weight excluding hydrogens is 572 g/mol. The molecule has 0 aliphatic rings. The second-order valence-electron chi connectivity index (χ2n) is 7.63. The summed E-state index contributed by atoms with van der Waals surface area (Å²) in [4.78, 5) is 40.0. The number of hydrogen-bond acceptors (Lipinski definition) is 6. The fourth-order valence-corrected chi connectivity index (χ4v) is 4.21. The van der Waals surface area contributed by atoms with Crippen LogP contribution < -0.4 is 26.3 Å². The molecule has 0 spiro atoms. The highest BCUT2D eigenvalue weighted by Crippen LogP contribution is 2.24. The molecule has 9 nitrogen and oxygen atoms in total. The minimum atomic E-state index is -0.826. The Morgan fingerprint density at radius 2 is 1.77 bits per heavy atom. The van der Waals surface area contributed by atoms with Crippen LogP contribution in [-0.4, -0.2) is 39.1 Å². The molecule has 0 saturated carbocycles. The molecule has 35 heavy (non-hydrogen) atoms. The van der Waals surface area contributed by atoms with Crippen molar-refractivity contribution >= 4 is 33.6 Å². The second kappa shape index (κ2) is 10.0. The first kappa shape index (κ1) is 24.7. The Labute approximate surface area is 211 Å². The third kappa shape index (κ3) is 4.60. The Morgan fingerprint density at radius 3 is 2.40 bits per heavy atom. The van der Waals surface area contributed by atoms with Crippen LogP contribution in [0.1, 0.15) is 5.56 Å². The summed E-state index contributed by atoms with van der Waals surface area (Å²) < 4.78 is 29.4. The summed E-state index contributed by atoms with van der Waals surface area (Å²) >= 11 is 1.94. The quantitative estimate of drug-likeness (QED) is 0.329. The zero-order valence-corrected chi connectivity index (χ0v) is 21.0. The van der Waals surface area contributed by atoms with Crippen molar-refractivity contribution in [3.63, 3.8) is 0 Å². The molecule has 0 unspecified atom stereocenters. The Morgan fingerprint density at radius 1 is 1.06 bits per heavy atom. The van der Waals surface area contributed by atoms with Gasteiger partial charge in [0.15, 0.2) is 0 Å². The Kier molecular flexibility index (Phi) is 7.08. The van der Waals surface area contributed by atoms with E-state index in [2.05, 4.69) is 0 Å². The summed E-state index contributed by atoms with van der Waals surface area (Å²) in [5, 5.41) is 9.13. The van der Waals surface area contributed by atoms with Crippen LogP contribution in [-0.2, 0) is 13.6 Å². The summed E-state index contributed by atoms with van der Waals surface area (Å²) in [6.45, 7) is -0.662. The van der Waals surface area contributed by atoms with Crippen LogP contribution in [0.25, 0.3) is 16.7 Å². The van der Waals surface area contributed by atoms with E-state index >= 15 is 4.39 Å². The van der Waals surface area contributed by atoms with E-state index in [4.69, 9.17) is 9.47 Å². The number of pyridine rings is 1. The smallest absolute Gasteiger partial charge is 0.337 e. The molecule has 182 valence electrons. The first-order valence-corrected chi connectivity index (χ1v) is 11.6. The second-order valence-corrected chi connectivity index (χ2v) is 8.88. The summed E-state index contributed by atoms with van der Waals surface area (Å²) in [7, 11) is 2.91. The van der Waals surface area contributed by atoms with Gasteiger partial charge in [-0.05, 0) is 58.5 Å². The van der Waals surface area contributed by atoms with Crippen molar-refractivity contribution in [1.29, 1.82) is 0 Å². The number of benzene rings is 2. The van der Waals surface area contributed by atoms with Crippen molar-refractivity contribution in [3.8, 4) is 17.2 Å². The fraction of sp³-hybridized carbons (Fsp3) is 0.208. The van der Waals surface area contributed by atoms with Crippen LogP contribution >= 0.6 is 22.6 Å². The van der Waals surface area contributed by atoms with Gasteiger partial charge in [-0.15, -0.1) is 0 Å². The summed E-state index contributed by atoms with van der Waals surface area (Å²) in [5.41, 5.74) is -1.73. The SMILES string of the molecule is COc1ccc(Cn2c(=O)c3c(OCCO)cc(=O)n(C)c3n(-c3ccc(I)cc3F)c2=O)cc1. The molecule has 0 bridgehead atoms. The van der Waals surface area contributed by atoms with Crippen molar-refractivity contribution in [2.75, 3.05) is 20.3 Å². The summed E-state index contributed by atoms with van der Waals surface area (Å²) in [5.74, 6) is -0.206. The van der Waals surface area contributed by atoms with Gasteiger partial charge in [0.1, 0.15) is 35.0 Å². The molecule has 11 heteroatoms. The molecule has 2 heterocycles. The molecule has 0 radical (unpaired) electrons. The Bertz CT molecular complexity index is 1590. The molecule has 0 aliphatic carbocycles. The first-order chi connectivity index (χ1) is 16.8. The number of methoxy groups -OCH3 is 1. The average Bonchev–Trinajstić information content (AvgIpc) is 2.84. The highest BCUT2D eigenvalue weighted by Gasteiger charge is 2.23. The largest absolute Gasteiger partial charge is 0.497 e. The van der Waals surface area contributed by atoms with Crippen molar-refractivity contribution in [3.05, 3.63) is 94.7 Å². The van der Waals surface area contributed by atoms with E-state index in [1.807, 2.05) is 22.6 Å². The van der Waals surface area contributed by atoms with Gasteiger partial charge in [-0.25, -0.2) is 13.8 Å². The maximum absolute atomic E-state index is 15.1. The molecular formula is C24H21FIN3O6. The number of halogens is 2. The maximum Gasteiger partial charge on any atom is 0.337 e. The fourth-order valence-electron chi connectivity index (χ4n) is 3.76. The lowest BCUT2D eigenvalue weighted by atomic mass is 10.2. The third-order valence-corrected chi connectivity index (χ3v) is 6.14. The lowest BCUT2D eigenvalue weighted by Gasteiger charge is -2.19. The average molecular weight is 593 g/mol. The lowest BCUT2D eigenvalue weighted by Crippen LogP contribution is -2.42. The third-order valence-electron chi connectivity index (χ3n) is 5.47. The molecule has 4 rings (SSSR count). The van der Waals surface area contributed by atoms with Crippen molar-refractivity contribution < 1.29 is 19.0 Å². The van der Waals surface area contributed by atoms with Crippen LogP contribution in [0.4, 0.5) is 4.39 Å². The zero-order chi connectivity index (χ0) is 25.3. The Balaban J connectivity index is 2.12. The van der Waals surface area contributed by atoms with Gasteiger partial charge in [0.05, 0.1) is 25.9 Å². The van der Waals surface area contributed by atoms with Crippen molar-refractivity contribution in [2.45, 2.75) is 6.54 Å². The normalized spacial score (nSPS) is 11.1. The monoisotopic (exact) mass is 593 g/mol. The van der Waals surface area contributed by atoms with Gasteiger partial charge in [-0.3, -0.25) is 18.7 Å². The highest BCUT2D eigenvalue weighted by molar-refractivity contribution is 14.1. The predicted molar refractivity (Wildman–Crippen MR) is 136 cm³/mol. The van der Waals surface area contributed by atoms with E-state index in [9.17, 15) is 19.5 Å². The van der Waals surface area contributed by atoms with E-state index in [0.717, 1.165) is 19.8 Å². The number of fused-ring (bicyclic) bond motifs is 1. The van der Waals surface area contributed by atoms with E-state index in [1.165, 1.54) is 26.3 Å². The van der Waals surface area contributed by atoms with Crippen LogP contribution in [0, 0.1) is 9.39 Å². The number of nitrogens with zero attached hydrogens (tertiary/aromatic N) is 3. The topological polar surface area (TPSA) is 105 Å². The van der Waals surface area contributed by atoms with E-state index in [0.29, 0.717) is 14.9 Å². The predicted octanol–water partition coefficient (Wildman–Crippen LogP) is 2.02. The van der Waals surface area contributed by atoms with Gasteiger partial charge in [0, 0.05) is 16.7 Å². The van der Waals surface area contributed by atoms with Gasteiger partial charge in [0.25, 0.3) is 11.1 Å². The van der Waals surface area contributed by atoms with Gasteiger partial charge >= 0.3 is 5.69 Å². The van der Waals surface area contributed by atoms with Gasteiger partial charge in [-0.2, -0.15) is 0 Å². The van der Waals surface area contributed by atoms with E-state index < -0.39 is 22.6 Å². The highest BCUT2D eigenvalue weighted by atomic mass is 127. The molecule has 0 fully saturated rings. The van der Waals surface area contributed by atoms with Gasteiger partial charge < -0.3 is 14.6 Å². The number of ether oxygens (including phenoxy) is 2.